The monoisotopic (exact) mass is 355 g/mol. The molecule has 0 saturated heterocycles. The summed E-state index contributed by atoms with van der Waals surface area (Å²) >= 11 is 0. The lowest BCUT2D eigenvalue weighted by Gasteiger charge is -2.08. The number of benzene rings is 1. The lowest BCUT2D eigenvalue weighted by molar-refractivity contribution is 0.0951. The average molecular weight is 355 g/mol. The number of nitrogen functional groups attached to an aromatic ring is 1. The molecule has 0 saturated carbocycles. The molecule has 2 aromatic rings. The van der Waals surface area contributed by atoms with Crippen LogP contribution in [-0.4, -0.2) is 17.5 Å². The molecule has 1 amide bonds. The number of halogens is 1. The number of hydrogen-bond donors (Lipinski definition) is 2. The van der Waals surface area contributed by atoms with Gasteiger partial charge in [0.1, 0.15) is 18.2 Å². The number of unbranched alkanes of at least 4 members (excludes halogenated alkanes) is 2. The summed E-state index contributed by atoms with van der Waals surface area (Å²) in [5.41, 5.74) is 6.57. The number of aromatic nitrogens is 1. The Morgan fingerprint density at radius 2 is 2.15 bits per heavy atom. The van der Waals surface area contributed by atoms with Crippen LogP contribution < -0.4 is 15.8 Å². The molecular formula is C20H22FN3O2. The second-order valence-electron chi connectivity index (χ2n) is 5.64. The van der Waals surface area contributed by atoms with Gasteiger partial charge in [-0.3, -0.25) is 4.79 Å². The molecule has 6 heteroatoms. The number of ether oxygens (including phenoxy) is 1. The molecule has 0 radical (unpaired) electrons. The van der Waals surface area contributed by atoms with Crippen molar-refractivity contribution < 1.29 is 13.9 Å². The maximum atomic E-state index is 12.9. The first-order chi connectivity index (χ1) is 12.6. The van der Waals surface area contributed by atoms with Crippen LogP contribution in [0.1, 0.15) is 42.1 Å². The zero-order chi connectivity index (χ0) is 18.8. The Labute approximate surface area is 152 Å². The minimum absolute atomic E-state index is 0.138. The fourth-order valence-corrected chi connectivity index (χ4v) is 2.19. The zero-order valence-corrected chi connectivity index (χ0v) is 14.7. The van der Waals surface area contributed by atoms with Crippen LogP contribution in [0.4, 0.5) is 10.2 Å². The Balaban J connectivity index is 1.87. The van der Waals surface area contributed by atoms with Gasteiger partial charge in [0.2, 0.25) is 5.95 Å². The summed E-state index contributed by atoms with van der Waals surface area (Å²) in [6, 6.07) is 9.79. The highest BCUT2D eigenvalue weighted by atomic mass is 19.1. The predicted octanol–water partition coefficient (Wildman–Crippen LogP) is 3.31. The maximum Gasteiger partial charge on any atom is 0.255 e. The van der Waals surface area contributed by atoms with Gasteiger partial charge >= 0.3 is 0 Å². The summed E-state index contributed by atoms with van der Waals surface area (Å²) in [6.07, 6.45) is 3.10. The number of nitrogens with zero attached hydrogens (tertiary/aromatic N) is 1. The molecule has 1 aromatic carbocycles. The summed E-state index contributed by atoms with van der Waals surface area (Å²) in [6.45, 7) is 2.75. The van der Waals surface area contributed by atoms with E-state index in [9.17, 15) is 9.18 Å². The summed E-state index contributed by atoms with van der Waals surface area (Å²) in [7, 11) is 0. The fourth-order valence-electron chi connectivity index (χ4n) is 2.19. The van der Waals surface area contributed by atoms with Gasteiger partial charge in [-0.15, -0.1) is 0 Å². The van der Waals surface area contributed by atoms with E-state index in [1.807, 2.05) is 24.3 Å². The van der Waals surface area contributed by atoms with Crippen molar-refractivity contribution >= 4 is 11.7 Å². The number of anilines is 1. The molecule has 136 valence electrons. The van der Waals surface area contributed by atoms with Gasteiger partial charge in [-0.25, -0.2) is 4.98 Å². The SMILES string of the molecule is CCCCC#CCOc1cccc(CNC(=O)c2ccc(F)nc2N)c1. The first-order valence-corrected chi connectivity index (χ1v) is 8.48. The number of pyridine rings is 1. The largest absolute Gasteiger partial charge is 0.481 e. The third-order valence-electron chi connectivity index (χ3n) is 3.58. The van der Waals surface area contributed by atoms with Crippen LogP contribution >= 0.6 is 0 Å². The first-order valence-electron chi connectivity index (χ1n) is 8.48. The highest BCUT2D eigenvalue weighted by Crippen LogP contribution is 2.14. The predicted molar refractivity (Wildman–Crippen MR) is 99.0 cm³/mol. The molecule has 0 spiro atoms. The van der Waals surface area contributed by atoms with Crippen molar-refractivity contribution in [1.29, 1.82) is 0 Å². The Morgan fingerprint density at radius 1 is 1.31 bits per heavy atom. The van der Waals surface area contributed by atoms with Gasteiger partial charge in [-0.05, 0) is 36.2 Å². The highest BCUT2D eigenvalue weighted by Gasteiger charge is 2.11. The van der Waals surface area contributed by atoms with E-state index in [0.29, 0.717) is 12.4 Å². The maximum absolute atomic E-state index is 12.9. The summed E-state index contributed by atoms with van der Waals surface area (Å²) in [5.74, 6) is 5.45. The van der Waals surface area contributed by atoms with E-state index in [4.69, 9.17) is 10.5 Å². The Kier molecular flexibility index (Phi) is 7.44. The van der Waals surface area contributed by atoms with Crippen molar-refractivity contribution in [2.24, 2.45) is 0 Å². The summed E-state index contributed by atoms with van der Waals surface area (Å²) in [5, 5.41) is 2.73. The van der Waals surface area contributed by atoms with Crippen LogP contribution in [0.5, 0.6) is 5.75 Å². The molecular weight excluding hydrogens is 333 g/mol. The Morgan fingerprint density at radius 3 is 2.92 bits per heavy atom. The summed E-state index contributed by atoms with van der Waals surface area (Å²) in [4.78, 5) is 15.6. The van der Waals surface area contributed by atoms with Crippen LogP contribution in [0.25, 0.3) is 0 Å². The molecule has 0 unspecified atom stereocenters. The lowest BCUT2D eigenvalue weighted by Crippen LogP contribution is -2.24. The second-order valence-corrected chi connectivity index (χ2v) is 5.64. The first kappa shape index (κ1) is 19.3. The van der Waals surface area contributed by atoms with Gasteiger partial charge in [-0.2, -0.15) is 4.39 Å². The van der Waals surface area contributed by atoms with E-state index in [0.717, 1.165) is 30.9 Å². The van der Waals surface area contributed by atoms with Crippen LogP contribution in [0.15, 0.2) is 36.4 Å². The molecule has 0 atom stereocenters. The molecule has 0 aliphatic heterocycles. The Bertz CT molecular complexity index is 812. The molecule has 2 rings (SSSR count). The van der Waals surface area contributed by atoms with Crippen LogP contribution in [0.2, 0.25) is 0 Å². The second kappa shape index (κ2) is 10.0. The van der Waals surface area contributed by atoms with Crippen LogP contribution in [0, 0.1) is 17.8 Å². The van der Waals surface area contributed by atoms with Gasteiger partial charge in [0.05, 0.1) is 5.56 Å². The fraction of sp³-hybridized carbons (Fsp3) is 0.300. The van der Waals surface area contributed by atoms with E-state index in [2.05, 4.69) is 29.1 Å². The van der Waals surface area contributed by atoms with E-state index >= 15 is 0 Å². The number of nitrogens with two attached hydrogens (primary N) is 1. The third-order valence-corrected chi connectivity index (χ3v) is 3.58. The topological polar surface area (TPSA) is 77.2 Å². The summed E-state index contributed by atoms with van der Waals surface area (Å²) < 4.78 is 18.5. The van der Waals surface area contributed by atoms with Gasteiger partial charge < -0.3 is 15.8 Å². The lowest BCUT2D eigenvalue weighted by atomic mass is 10.2. The number of carbonyl (C=O) groups is 1. The van der Waals surface area contributed by atoms with E-state index < -0.39 is 11.9 Å². The molecule has 0 aliphatic carbocycles. The normalized spacial score (nSPS) is 9.92. The minimum Gasteiger partial charge on any atom is -0.481 e. The van der Waals surface area contributed by atoms with E-state index in [1.165, 1.54) is 6.07 Å². The number of nitrogens with one attached hydrogen (secondary N) is 1. The molecule has 1 heterocycles. The van der Waals surface area contributed by atoms with Gasteiger partial charge in [0.15, 0.2) is 0 Å². The van der Waals surface area contributed by atoms with Gasteiger partial charge in [-0.1, -0.05) is 37.3 Å². The number of carbonyl (C=O) groups excluding carboxylic acids is 1. The highest BCUT2D eigenvalue weighted by molar-refractivity contribution is 5.98. The van der Waals surface area contributed by atoms with Crippen LogP contribution in [-0.2, 0) is 6.54 Å². The van der Waals surface area contributed by atoms with E-state index in [-0.39, 0.29) is 17.9 Å². The van der Waals surface area contributed by atoms with Gasteiger partial charge in [0, 0.05) is 13.0 Å². The quantitative estimate of drug-likeness (QED) is 0.454. The molecule has 0 fully saturated rings. The van der Waals surface area contributed by atoms with Crippen molar-refractivity contribution in [3.63, 3.8) is 0 Å². The van der Waals surface area contributed by atoms with Crippen molar-refractivity contribution in [1.82, 2.24) is 10.3 Å². The molecule has 26 heavy (non-hydrogen) atoms. The average Bonchev–Trinajstić information content (AvgIpc) is 2.63. The minimum atomic E-state index is -0.721. The van der Waals surface area contributed by atoms with Crippen molar-refractivity contribution in [3.8, 4) is 17.6 Å². The van der Waals surface area contributed by atoms with E-state index in [1.54, 1.807) is 0 Å². The number of rotatable bonds is 7. The van der Waals surface area contributed by atoms with Crippen molar-refractivity contribution in [2.45, 2.75) is 32.7 Å². The molecule has 0 bridgehead atoms. The third kappa shape index (κ3) is 6.10. The van der Waals surface area contributed by atoms with Crippen LogP contribution in [0.3, 0.4) is 0 Å². The number of amides is 1. The zero-order valence-electron chi connectivity index (χ0n) is 14.7. The smallest absolute Gasteiger partial charge is 0.255 e. The van der Waals surface area contributed by atoms with Gasteiger partial charge in [0.25, 0.3) is 5.91 Å². The van der Waals surface area contributed by atoms with Crippen molar-refractivity contribution in [2.75, 3.05) is 12.3 Å². The molecule has 0 aliphatic rings. The van der Waals surface area contributed by atoms with Crippen molar-refractivity contribution in [3.05, 3.63) is 53.5 Å². The molecule has 3 N–H and O–H groups in total. The molecule has 1 aromatic heterocycles. The molecule has 5 nitrogen and oxygen atoms in total. The Hall–Kier alpha value is -3.07. The number of hydrogen-bond acceptors (Lipinski definition) is 4. The standard InChI is InChI=1S/C20H22FN3O2/c1-2-3-4-5-6-12-26-16-9-7-8-15(13-16)14-23-20(25)17-10-11-18(21)24-19(17)22/h7-11,13H,2-4,12,14H2,1H3,(H2,22,24)(H,23,25).